The van der Waals surface area contributed by atoms with E-state index in [2.05, 4.69) is 10.2 Å². The van der Waals surface area contributed by atoms with Gasteiger partial charge in [-0.3, -0.25) is 9.59 Å². The summed E-state index contributed by atoms with van der Waals surface area (Å²) >= 11 is 0. The average Bonchev–Trinajstić information content (AvgIpc) is 2.25. The molecule has 0 aromatic carbocycles. The van der Waals surface area contributed by atoms with Crippen molar-refractivity contribution in [3.05, 3.63) is 17.8 Å². The van der Waals surface area contributed by atoms with Gasteiger partial charge in [-0.15, -0.1) is 10.2 Å². The van der Waals surface area contributed by atoms with Crippen LogP contribution in [0.5, 0.6) is 0 Å². The molecule has 0 atom stereocenters. The van der Waals surface area contributed by atoms with Crippen LogP contribution in [0.1, 0.15) is 24.3 Å². The molecule has 1 aromatic heterocycles. The van der Waals surface area contributed by atoms with Gasteiger partial charge in [0.2, 0.25) is 0 Å². The Hall–Kier alpha value is -2.18. The molecular formula is C10H14N4O3. The second-order valence-corrected chi connectivity index (χ2v) is 3.76. The summed E-state index contributed by atoms with van der Waals surface area (Å²) in [5.41, 5.74) is 5.08. The van der Waals surface area contributed by atoms with Gasteiger partial charge < -0.3 is 15.7 Å². The number of rotatable bonds is 5. The molecule has 0 spiro atoms. The largest absolute Gasteiger partial charge is 0.480 e. The van der Waals surface area contributed by atoms with E-state index in [1.165, 1.54) is 12.1 Å². The molecule has 0 aliphatic carbocycles. The average molecular weight is 238 g/mol. The van der Waals surface area contributed by atoms with Crippen LogP contribution in [0.25, 0.3) is 0 Å². The maximum Gasteiger partial charge on any atom is 0.323 e. The highest BCUT2D eigenvalue weighted by molar-refractivity contribution is 5.90. The Kier molecular flexibility index (Phi) is 3.97. The first-order valence-corrected chi connectivity index (χ1v) is 5.03. The van der Waals surface area contributed by atoms with Crippen LogP contribution in [0.15, 0.2) is 12.1 Å². The van der Waals surface area contributed by atoms with Crippen LogP contribution < -0.4 is 10.6 Å². The fourth-order valence-corrected chi connectivity index (χ4v) is 1.28. The summed E-state index contributed by atoms with van der Waals surface area (Å²) in [5, 5.41) is 16.2. The van der Waals surface area contributed by atoms with Gasteiger partial charge in [0, 0.05) is 6.04 Å². The minimum atomic E-state index is -0.959. The number of amides is 1. The molecule has 0 radical (unpaired) electrons. The number of nitrogens with two attached hydrogens (primary N) is 1. The van der Waals surface area contributed by atoms with E-state index in [0.29, 0.717) is 5.82 Å². The summed E-state index contributed by atoms with van der Waals surface area (Å²) in [6.07, 6.45) is 0. The Morgan fingerprint density at radius 1 is 1.41 bits per heavy atom. The van der Waals surface area contributed by atoms with Crippen LogP contribution in [0.4, 0.5) is 5.82 Å². The third-order valence-electron chi connectivity index (χ3n) is 2.13. The first kappa shape index (κ1) is 12.9. The van der Waals surface area contributed by atoms with Gasteiger partial charge in [0.15, 0.2) is 11.5 Å². The summed E-state index contributed by atoms with van der Waals surface area (Å²) in [4.78, 5) is 23.1. The summed E-state index contributed by atoms with van der Waals surface area (Å²) < 4.78 is 0. The summed E-state index contributed by atoms with van der Waals surface area (Å²) in [7, 11) is 0. The Morgan fingerprint density at radius 2 is 2.06 bits per heavy atom. The van der Waals surface area contributed by atoms with Gasteiger partial charge in [0.25, 0.3) is 5.91 Å². The zero-order valence-corrected chi connectivity index (χ0v) is 9.62. The number of primary amides is 1. The zero-order valence-electron chi connectivity index (χ0n) is 9.62. The van der Waals surface area contributed by atoms with Crippen LogP contribution in [-0.2, 0) is 4.79 Å². The van der Waals surface area contributed by atoms with E-state index in [0.717, 1.165) is 0 Å². The van der Waals surface area contributed by atoms with E-state index in [4.69, 9.17) is 10.8 Å². The van der Waals surface area contributed by atoms with Crippen LogP contribution in [-0.4, -0.2) is 39.8 Å². The molecule has 0 aliphatic rings. The molecule has 0 fully saturated rings. The quantitative estimate of drug-likeness (QED) is 0.739. The minimum absolute atomic E-state index is 0.0418. The van der Waals surface area contributed by atoms with Crippen LogP contribution in [0.2, 0.25) is 0 Å². The van der Waals surface area contributed by atoms with Gasteiger partial charge >= 0.3 is 5.97 Å². The number of hydrogen-bond acceptors (Lipinski definition) is 5. The molecule has 1 amide bonds. The number of anilines is 1. The molecule has 17 heavy (non-hydrogen) atoms. The number of carbonyl (C=O) groups excluding carboxylic acids is 1. The van der Waals surface area contributed by atoms with Crippen molar-refractivity contribution in [3.8, 4) is 0 Å². The first-order chi connectivity index (χ1) is 7.91. The van der Waals surface area contributed by atoms with E-state index >= 15 is 0 Å². The number of nitrogens with zero attached hydrogens (tertiary/aromatic N) is 3. The van der Waals surface area contributed by atoms with Gasteiger partial charge in [0.05, 0.1) is 0 Å². The predicted octanol–water partition coefficient (Wildman–Crippen LogP) is -0.125. The third kappa shape index (κ3) is 3.40. The molecule has 7 nitrogen and oxygen atoms in total. The molecule has 1 aromatic rings. The molecule has 0 aliphatic heterocycles. The number of hydrogen-bond donors (Lipinski definition) is 2. The van der Waals surface area contributed by atoms with Crippen molar-refractivity contribution in [1.82, 2.24) is 10.2 Å². The maximum absolute atomic E-state index is 10.8. The number of carboxylic acid groups (broad SMARTS) is 1. The number of aromatic nitrogens is 2. The molecule has 0 unspecified atom stereocenters. The van der Waals surface area contributed by atoms with E-state index in [1.807, 2.05) is 13.8 Å². The lowest BCUT2D eigenvalue weighted by molar-refractivity contribution is -0.135. The smallest absolute Gasteiger partial charge is 0.323 e. The van der Waals surface area contributed by atoms with Crippen molar-refractivity contribution < 1.29 is 14.7 Å². The number of carbonyl (C=O) groups is 2. The van der Waals surface area contributed by atoms with Gasteiger partial charge in [-0.1, -0.05) is 0 Å². The standard InChI is InChI=1S/C10H14N4O3/c1-6(2)14(5-9(15)16)8-4-3-7(10(11)17)12-13-8/h3-4,6H,5H2,1-2H3,(H2,11,17)(H,15,16). The van der Waals surface area contributed by atoms with Crippen molar-refractivity contribution in [1.29, 1.82) is 0 Å². The molecular weight excluding hydrogens is 224 g/mol. The molecule has 0 saturated heterocycles. The Bertz CT molecular complexity index is 416. The lowest BCUT2D eigenvalue weighted by atomic mass is 10.3. The monoisotopic (exact) mass is 238 g/mol. The van der Waals surface area contributed by atoms with Crippen molar-refractivity contribution in [2.75, 3.05) is 11.4 Å². The van der Waals surface area contributed by atoms with Crippen LogP contribution >= 0.6 is 0 Å². The third-order valence-corrected chi connectivity index (χ3v) is 2.13. The normalized spacial score (nSPS) is 10.3. The van der Waals surface area contributed by atoms with Crippen molar-refractivity contribution in [3.63, 3.8) is 0 Å². The highest BCUT2D eigenvalue weighted by atomic mass is 16.4. The molecule has 0 saturated carbocycles. The van der Waals surface area contributed by atoms with Crippen molar-refractivity contribution in [2.24, 2.45) is 5.73 Å². The van der Waals surface area contributed by atoms with Crippen LogP contribution in [0.3, 0.4) is 0 Å². The van der Waals surface area contributed by atoms with E-state index in [1.54, 1.807) is 4.90 Å². The SMILES string of the molecule is CC(C)N(CC(=O)O)c1ccc(C(N)=O)nn1. The second-order valence-electron chi connectivity index (χ2n) is 3.76. The lowest BCUT2D eigenvalue weighted by Crippen LogP contribution is -2.36. The second kappa shape index (κ2) is 5.24. The zero-order chi connectivity index (χ0) is 13.0. The van der Waals surface area contributed by atoms with E-state index < -0.39 is 11.9 Å². The molecule has 1 rings (SSSR count). The first-order valence-electron chi connectivity index (χ1n) is 5.03. The maximum atomic E-state index is 10.8. The number of aliphatic carboxylic acids is 1. The Morgan fingerprint density at radius 3 is 2.41 bits per heavy atom. The summed E-state index contributed by atoms with van der Waals surface area (Å²) in [6, 6.07) is 2.90. The van der Waals surface area contributed by atoms with Crippen molar-refractivity contribution >= 4 is 17.7 Å². The highest BCUT2D eigenvalue weighted by Crippen LogP contribution is 2.12. The van der Waals surface area contributed by atoms with E-state index in [-0.39, 0.29) is 18.3 Å². The fourth-order valence-electron chi connectivity index (χ4n) is 1.28. The Labute approximate surface area is 98.2 Å². The van der Waals surface area contributed by atoms with Gasteiger partial charge in [-0.2, -0.15) is 0 Å². The molecule has 7 heteroatoms. The summed E-state index contributed by atoms with van der Waals surface area (Å²) in [5.74, 6) is -1.23. The number of carboxylic acids is 1. The van der Waals surface area contributed by atoms with Gasteiger partial charge in [-0.25, -0.2) is 0 Å². The fraction of sp³-hybridized carbons (Fsp3) is 0.400. The van der Waals surface area contributed by atoms with Gasteiger partial charge in [-0.05, 0) is 26.0 Å². The molecule has 92 valence electrons. The van der Waals surface area contributed by atoms with Crippen LogP contribution in [0, 0.1) is 0 Å². The predicted molar refractivity (Wildman–Crippen MR) is 60.7 cm³/mol. The van der Waals surface area contributed by atoms with Gasteiger partial charge in [0.1, 0.15) is 6.54 Å². The minimum Gasteiger partial charge on any atom is -0.480 e. The van der Waals surface area contributed by atoms with E-state index in [9.17, 15) is 9.59 Å². The highest BCUT2D eigenvalue weighted by Gasteiger charge is 2.16. The molecule has 1 heterocycles. The Balaban J connectivity index is 2.95. The molecule has 3 N–H and O–H groups in total. The lowest BCUT2D eigenvalue weighted by Gasteiger charge is -2.25. The topological polar surface area (TPSA) is 109 Å². The summed E-state index contributed by atoms with van der Waals surface area (Å²) in [6.45, 7) is 3.50. The van der Waals surface area contributed by atoms with Crippen molar-refractivity contribution in [2.45, 2.75) is 19.9 Å². The molecule has 0 bridgehead atoms.